The lowest BCUT2D eigenvalue weighted by atomic mass is 9.88. The van der Waals surface area contributed by atoms with Crippen LogP contribution in [0.5, 0.6) is 0 Å². The van der Waals surface area contributed by atoms with Crippen LogP contribution in [0.4, 0.5) is 5.69 Å². The van der Waals surface area contributed by atoms with Crippen LogP contribution in [0.3, 0.4) is 0 Å². The standard InChI is InChI=1S/C15H22N2O/c1-10-4-5-13(14(16)8-10)15(18)17-7-6-11(2)12(3)9-17/h4-5,8,11-12H,6-7,9,16H2,1-3H3. The number of likely N-dealkylation sites (tertiary alicyclic amines) is 1. The fraction of sp³-hybridized carbons (Fsp3) is 0.533. The average Bonchev–Trinajstić information content (AvgIpc) is 2.32. The monoisotopic (exact) mass is 246 g/mol. The van der Waals surface area contributed by atoms with Gasteiger partial charge in [0.1, 0.15) is 0 Å². The molecule has 1 saturated heterocycles. The maximum atomic E-state index is 12.4. The van der Waals surface area contributed by atoms with Gasteiger partial charge in [0.05, 0.1) is 5.56 Å². The van der Waals surface area contributed by atoms with E-state index in [1.807, 2.05) is 30.0 Å². The van der Waals surface area contributed by atoms with Crippen molar-refractivity contribution in [2.75, 3.05) is 18.8 Å². The Hall–Kier alpha value is -1.51. The minimum atomic E-state index is 0.0752. The summed E-state index contributed by atoms with van der Waals surface area (Å²) in [5.74, 6) is 1.34. The number of anilines is 1. The van der Waals surface area contributed by atoms with Crippen molar-refractivity contribution >= 4 is 11.6 Å². The van der Waals surface area contributed by atoms with Gasteiger partial charge >= 0.3 is 0 Å². The maximum Gasteiger partial charge on any atom is 0.255 e. The van der Waals surface area contributed by atoms with Crippen molar-refractivity contribution in [3.63, 3.8) is 0 Å². The first-order valence-electron chi connectivity index (χ1n) is 6.64. The van der Waals surface area contributed by atoms with Crippen molar-refractivity contribution in [3.05, 3.63) is 29.3 Å². The second-order valence-electron chi connectivity index (χ2n) is 5.59. The summed E-state index contributed by atoms with van der Waals surface area (Å²) in [6.45, 7) is 8.13. The number of carbonyl (C=O) groups excluding carboxylic acids is 1. The number of rotatable bonds is 1. The van der Waals surface area contributed by atoms with Crippen LogP contribution in [0, 0.1) is 18.8 Å². The summed E-state index contributed by atoms with van der Waals surface area (Å²) in [7, 11) is 0. The third-order valence-corrected chi connectivity index (χ3v) is 4.06. The zero-order valence-corrected chi connectivity index (χ0v) is 11.4. The molecule has 2 atom stereocenters. The number of nitrogens with zero attached hydrogens (tertiary/aromatic N) is 1. The number of aryl methyl sites for hydroxylation is 1. The Labute approximate surface area is 109 Å². The first-order chi connectivity index (χ1) is 8.49. The summed E-state index contributed by atoms with van der Waals surface area (Å²) in [5, 5.41) is 0. The van der Waals surface area contributed by atoms with Gasteiger partial charge in [0.25, 0.3) is 5.91 Å². The normalized spacial score (nSPS) is 24.1. The SMILES string of the molecule is Cc1ccc(C(=O)N2CCC(C)C(C)C2)c(N)c1. The molecule has 0 bridgehead atoms. The van der Waals surface area contributed by atoms with Gasteiger partial charge in [-0.2, -0.15) is 0 Å². The largest absolute Gasteiger partial charge is 0.398 e. The van der Waals surface area contributed by atoms with Gasteiger partial charge in [-0.3, -0.25) is 4.79 Å². The van der Waals surface area contributed by atoms with Crippen LogP contribution < -0.4 is 5.73 Å². The molecule has 1 heterocycles. The maximum absolute atomic E-state index is 12.4. The topological polar surface area (TPSA) is 46.3 Å². The van der Waals surface area contributed by atoms with Gasteiger partial charge in [-0.1, -0.05) is 19.9 Å². The molecule has 2 N–H and O–H groups in total. The van der Waals surface area contributed by atoms with E-state index in [0.29, 0.717) is 23.1 Å². The number of nitrogens with two attached hydrogens (primary N) is 1. The molecule has 1 aliphatic heterocycles. The highest BCUT2D eigenvalue weighted by molar-refractivity contribution is 5.99. The van der Waals surface area contributed by atoms with E-state index in [1.165, 1.54) is 0 Å². The van der Waals surface area contributed by atoms with Gasteiger partial charge in [-0.25, -0.2) is 0 Å². The molecule has 0 aliphatic carbocycles. The van der Waals surface area contributed by atoms with Crippen molar-refractivity contribution in [3.8, 4) is 0 Å². The molecule has 1 aliphatic rings. The molecular formula is C15H22N2O. The van der Waals surface area contributed by atoms with Crippen molar-refractivity contribution in [2.24, 2.45) is 11.8 Å². The second-order valence-corrected chi connectivity index (χ2v) is 5.59. The minimum Gasteiger partial charge on any atom is -0.398 e. The van der Waals surface area contributed by atoms with E-state index in [4.69, 9.17) is 5.73 Å². The van der Waals surface area contributed by atoms with Crippen molar-refractivity contribution in [2.45, 2.75) is 27.2 Å². The third-order valence-electron chi connectivity index (χ3n) is 4.06. The molecule has 1 amide bonds. The van der Waals surface area contributed by atoms with E-state index in [2.05, 4.69) is 13.8 Å². The zero-order valence-electron chi connectivity index (χ0n) is 11.4. The highest BCUT2D eigenvalue weighted by atomic mass is 16.2. The van der Waals surface area contributed by atoms with Crippen LogP contribution in [-0.4, -0.2) is 23.9 Å². The second kappa shape index (κ2) is 5.01. The van der Waals surface area contributed by atoms with Crippen molar-refractivity contribution in [1.29, 1.82) is 0 Å². The quantitative estimate of drug-likeness (QED) is 0.774. The molecule has 0 spiro atoms. The summed E-state index contributed by atoms with van der Waals surface area (Å²) in [6.07, 6.45) is 1.08. The van der Waals surface area contributed by atoms with Crippen LogP contribution >= 0.6 is 0 Å². The van der Waals surface area contributed by atoms with Crippen LogP contribution in [0.2, 0.25) is 0 Å². The number of hydrogen-bond donors (Lipinski definition) is 1. The summed E-state index contributed by atoms with van der Waals surface area (Å²) in [4.78, 5) is 14.4. The summed E-state index contributed by atoms with van der Waals surface area (Å²) in [5.41, 5.74) is 8.26. The molecule has 3 heteroatoms. The summed E-state index contributed by atoms with van der Waals surface area (Å²) in [6, 6.07) is 5.65. The fourth-order valence-corrected chi connectivity index (χ4v) is 2.49. The van der Waals surface area contributed by atoms with Crippen LogP contribution in [-0.2, 0) is 0 Å². The van der Waals surface area contributed by atoms with E-state index >= 15 is 0 Å². The van der Waals surface area contributed by atoms with E-state index in [0.717, 1.165) is 25.1 Å². The lowest BCUT2D eigenvalue weighted by Gasteiger charge is -2.35. The summed E-state index contributed by atoms with van der Waals surface area (Å²) >= 11 is 0. The third kappa shape index (κ3) is 2.50. The average molecular weight is 246 g/mol. The molecule has 0 saturated carbocycles. The minimum absolute atomic E-state index is 0.0752. The Balaban J connectivity index is 2.16. The lowest BCUT2D eigenvalue weighted by Crippen LogP contribution is -2.42. The molecule has 18 heavy (non-hydrogen) atoms. The molecular weight excluding hydrogens is 224 g/mol. The molecule has 2 unspecified atom stereocenters. The van der Waals surface area contributed by atoms with Gasteiger partial charge in [0.2, 0.25) is 0 Å². The zero-order chi connectivity index (χ0) is 13.3. The molecule has 1 aromatic rings. The van der Waals surface area contributed by atoms with Crippen molar-refractivity contribution in [1.82, 2.24) is 4.90 Å². The number of nitrogen functional groups attached to an aromatic ring is 1. The van der Waals surface area contributed by atoms with Gasteiger partial charge in [-0.15, -0.1) is 0 Å². The van der Waals surface area contributed by atoms with Crippen molar-refractivity contribution < 1.29 is 4.79 Å². The van der Waals surface area contributed by atoms with Crippen LogP contribution in [0.25, 0.3) is 0 Å². The molecule has 1 aromatic carbocycles. The molecule has 1 fully saturated rings. The van der Waals surface area contributed by atoms with Gasteiger partial charge in [-0.05, 0) is 42.9 Å². The smallest absolute Gasteiger partial charge is 0.255 e. The van der Waals surface area contributed by atoms with E-state index in [9.17, 15) is 4.79 Å². The first kappa shape index (κ1) is 12.9. The Morgan fingerprint density at radius 2 is 2.06 bits per heavy atom. The number of hydrogen-bond acceptors (Lipinski definition) is 2. The van der Waals surface area contributed by atoms with E-state index in [-0.39, 0.29) is 5.91 Å². The van der Waals surface area contributed by atoms with Crippen LogP contribution in [0.1, 0.15) is 36.2 Å². The Bertz CT molecular complexity index is 456. The number of carbonyl (C=O) groups is 1. The van der Waals surface area contributed by atoms with Gasteiger partial charge in [0.15, 0.2) is 0 Å². The predicted octanol–water partition coefficient (Wildman–Crippen LogP) is 2.70. The number of amides is 1. The van der Waals surface area contributed by atoms with Gasteiger partial charge < -0.3 is 10.6 Å². The number of piperidine rings is 1. The van der Waals surface area contributed by atoms with Crippen LogP contribution in [0.15, 0.2) is 18.2 Å². The first-order valence-corrected chi connectivity index (χ1v) is 6.64. The molecule has 3 nitrogen and oxygen atoms in total. The fourth-order valence-electron chi connectivity index (χ4n) is 2.49. The molecule has 0 radical (unpaired) electrons. The molecule has 98 valence electrons. The molecule has 0 aromatic heterocycles. The highest BCUT2D eigenvalue weighted by Crippen LogP contribution is 2.25. The molecule has 2 rings (SSSR count). The lowest BCUT2D eigenvalue weighted by molar-refractivity contribution is 0.0628. The van der Waals surface area contributed by atoms with Gasteiger partial charge in [0, 0.05) is 18.8 Å². The predicted molar refractivity (Wildman–Crippen MR) is 74.4 cm³/mol. The Morgan fingerprint density at radius 3 is 2.67 bits per heavy atom. The van der Waals surface area contributed by atoms with E-state index in [1.54, 1.807) is 0 Å². The summed E-state index contributed by atoms with van der Waals surface area (Å²) < 4.78 is 0. The Morgan fingerprint density at radius 1 is 1.33 bits per heavy atom. The Kier molecular flexibility index (Phi) is 3.60. The number of benzene rings is 1. The van der Waals surface area contributed by atoms with E-state index < -0.39 is 0 Å². The highest BCUT2D eigenvalue weighted by Gasteiger charge is 2.27.